The predicted molar refractivity (Wildman–Crippen MR) is 110 cm³/mol. The second-order valence-electron chi connectivity index (χ2n) is 7.02. The third kappa shape index (κ3) is 4.23. The van der Waals surface area contributed by atoms with Gasteiger partial charge in [0.05, 0.1) is 14.2 Å². The van der Waals surface area contributed by atoms with Gasteiger partial charge in [0.1, 0.15) is 16.4 Å². The lowest BCUT2D eigenvalue weighted by atomic mass is 10.1. The van der Waals surface area contributed by atoms with Gasteiger partial charge in [-0.2, -0.15) is 4.31 Å². The minimum atomic E-state index is -3.72. The molecule has 8 heteroatoms. The van der Waals surface area contributed by atoms with Crippen molar-refractivity contribution in [2.24, 2.45) is 0 Å². The number of aryl methyl sites for hydroxylation is 2. The van der Waals surface area contributed by atoms with Gasteiger partial charge < -0.3 is 14.4 Å². The van der Waals surface area contributed by atoms with Gasteiger partial charge in [0.25, 0.3) is 5.91 Å². The van der Waals surface area contributed by atoms with Gasteiger partial charge in [0.2, 0.25) is 10.0 Å². The van der Waals surface area contributed by atoms with Crippen LogP contribution in [-0.2, 0) is 10.0 Å². The molecule has 1 aliphatic rings. The molecule has 156 valence electrons. The molecule has 0 bridgehead atoms. The number of nitrogens with zero attached hydrogens (tertiary/aromatic N) is 2. The molecular weight excluding hydrogens is 392 g/mol. The van der Waals surface area contributed by atoms with Gasteiger partial charge in [-0.05, 0) is 55.3 Å². The Hall–Kier alpha value is -2.58. The van der Waals surface area contributed by atoms with Crippen LogP contribution in [0.2, 0.25) is 0 Å². The second-order valence-corrected chi connectivity index (χ2v) is 8.92. The summed E-state index contributed by atoms with van der Waals surface area (Å²) < 4.78 is 38.3. The first-order valence-electron chi connectivity index (χ1n) is 9.36. The van der Waals surface area contributed by atoms with Gasteiger partial charge in [-0.15, -0.1) is 0 Å². The normalized spacial score (nSPS) is 15.2. The number of sulfonamides is 1. The Kier molecular flexibility index (Phi) is 6.14. The first kappa shape index (κ1) is 21.1. The van der Waals surface area contributed by atoms with E-state index in [1.165, 1.54) is 11.4 Å². The van der Waals surface area contributed by atoms with Crippen LogP contribution < -0.4 is 9.47 Å². The molecule has 2 aromatic carbocycles. The molecule has 7 nitrogen and oxygen atoms in total. The van der Waals surface area contributed by atoms with E-state index in [-0.39, 0.29) is 23.9 Å². The van der Waals surface area contributed by atoms with E-state index in [2.05, 4.69) is 0 Å². The molecule has 0 aromatic heterocycles. The van der Waals surface area contributed by atoms with Gasteiger partial charge in [-0.3, -0.25) is 4.79 Å². The molecule has 0 spiro atoms. The van der Waals surface area contributed by atoms with Crippen molar-refractivity contribution in [1.82, 2.24) is 9.21 Å². The molecule has 0 aliphatic carbocycles. The summed E-state index contributed by atoms with van der Waals surface area (Å²) in [6.45, 7) is 4.89. The maximum absolute atomic E-state index is 13.2. The molecule has 1 fully saturated rings. The smallest absolute Gasteiger partial charge is 0.254 e. The van der Waals surface area contributed by atoms with Crippen molar-refractivity contribution in [3.63, 3.8) is 0 Å². The van der Waals surface area contributed by atoms with Crippen molar-refractivity contribution in [3.8, 4) is 11.5 Å². The van der Waals surface area contributed by atoms with Crippen molar-refractivity contribution < 1.29 is 22.7 Å². The van der Waals surface area contributed by atoms with Crippen molar-refractivity contribution in [2.75, 3.05) is 40.4 Å². The van der Waals surface area contributed by atoms with Gasteiger partial charge in [-0.1, -0.05) is 6.07 Å². The molecule has 0 N–H and O–H groups in total. The number of carbonyl (C=O) groups is 1. The molecule has 2 aromatic rings. The van der Waals surface area contributed by atoms with Gasteiger partial charge in [0.15, 0.2) is 0 Å². The van der Waals surface area contributed by atoms with Crippen LogP contribution in [0.5, 0.6) is 11.5 Å². The average Bonchev–Trinajstić information content (AvgIpc) is 2.74. The summed E-state index contributed by atoms with van der Waals surface area (Å²) in [5.74, 6) is 0.812. The van der Waals surface area contributed by atoms with E-state index in [0.717, 1.165) is 11.1 Å². The van der Waals surface area contributed by atoms with Crippen molar-refractivity contribution in [1.29, 1.82) is 0 Å². The van der Waals surface area contributed by atoms with E-state index >= 15 is 0 Å². The molecule has 1 heterocycles. The standard InChI is InChI=1S/C21H26N2O5S/c1-15-12-19(28-4)20(13-16(15)2)29(25,26)23-10-8-22(9-11-23)21(24)17-6-5-7-18(14-17)27-3/h5-7,12-14H,8-11H2,1-4H3. The summed E-state index contributed by atoms with van der Waals surface area (Å²) in [4.78, 5) is 14.6. The highest BCUT2D eigenvalue weighted by Crippen LogP contribution is 2.30. The van der Waals surface area contributed by atoms with Crippen LogP contribution in [0, 0.1) is 13.8 Å². The Labute approximate surface area is 171 Å². The summed E-state index contributed by atoms with van der Waals surface area (Å²) in [5.41, 5.74) is 2.38. The van der Waals surface area contributed by atoms with E-state index < -0.39 is 10.0 Å². The molecule has 0 saturated carbocycles. The first-order chi connectivity index (χ1) is 13.8. The molecule has 1 aliphatic heterocycles. The first-order valence-corrected chi connectivity index (χ1v) is 10.8. The zero-order valence-electron chi connectivity index (χ0n) is 17.1. The van der Waals surface area contributed by atoms with E-state index in [0.29, 0.717) is 30.2 Å². The lowest BCUT2D eigenvalue weighted by Gasteiger charge is -2.34. The highest BCUT2D eigenvalue weighted by molar-refractivity contribution is 7.89. The Bertz CT molecular complexity index is 1010. The van der Waals surface area contributed by atoms with E-state index in [1.807, 2.05) is 13.8 Å². The highest BCUT2D eigenvalue weighted by Gasteiger charge is 2.32. The second kappa shape index (κ2) is 8.42. The lowest BCUT2D eigenvalue weighted by molar-refractivity contribution is 0.0697. The topological polar surface area (TPSA) is 76.2 Å². The van der Waals surface area contributed by atoms with Gasteiger partial charge in [-0.25, -0.2) is 8.42 Å². The summed E-state index contributed by atoms with van der Waals surface area (Å²) in [7, 11) is -0.702. The fourth-order valence-electron chi connectivity index (χ4n) is 3.33. The minimum Gasteiger partial charge on any atom is -0.497 e. The zero-order valence-corrected chi connectivity index (χ0v) is 18.0. The van der Waals surface area contributed by atoms with Gasteiger partial charge in [0, 0.05) is 31.7 Å². The van der Waals surface area contributed by atoms with Crippen LogP contribution in [-0.4, -0.2) is 63.9 Å². The summed E-state index contributed by atoms with van der Waals surface area (Å²) >= 11 is 0. The molecule has 29 heavy (non-hydrogen) atoms. The third-order valence-corrected chi connectivity index (χ3v) is 7.16. The summed E-state index contributed by atoms with van der Waals surface area (Å²) in [6, 6.07) is 10.3. The largest absolute Gasteiger partial charge is 0.497 e. The number of amides is 1. The SMILES string of the molecule is COc1cccc(C(=O)N2CCN(S(=O)(=O)c3cc(C)c(C)cc3OC)CC2)c1. The number of methoxy groups -OCH3 is 2. The highest BCUT2D eigenvalue weighted by atomic mass is 32.2. The number of piperazine rings is 1. The molecule has 0 unspecified atom stereocenters. The number of ether oxygens (including phenoxy) is 2. The van der Waals surface area contributed by atoms with Crippen molar-refractivity contribution in [2.45, 2.75) is 18.7 Å². The van der Waals surface area contributed by atoms with E-state index in [1.54, 1.807) is 48.4 Å². The minimum absolute atomic E-state index is 0.135. The van der Waals surface area contributed by atoms with Crippen LogP contribution in [0.15, 0.2) is 41.3 Å². The average molecular weight is 419 g/mol. The molecule has 0 radical (unpaired) electrons. The number of carbonyl (C=O) groups excluding carboxylic acids is 1. The molecule has 1 amide bonds. The Morgan fingerprint density at radius 3 is 2.21 bits per heavy atom. The van der Waals surface area contributed by atoms with Crippen molar-refractivity contribution >= 4 is 15.9 Å². The Balaban J connectivity index is 1.76. The van der Waals surface area contributed by atoms with Crippen LogP contribution in [0.3, 0.4) is 0 Å². The fraction of sp³-hybridized carbons (Fsp3) is 0.381. The molecule has 1 saturated heterocycles. The fourth-order valence-corrected chi connectivity index (χ4v) is 4.98. The van der Waals surface area contributed by atoms with E-state index in [4.69, 9.17) is 9.47 Å². The quantitative estimate of drug-likeness (QED) is 0.746. The Morgan fingerprint density at radius 1 is 0.931 bits per heavy atom. The monoisotopic (exact) mass is 418 g/mol. The maximum Gasteiger partial charge on any atom is 0.254 e. The van der Waals surface area contributed by atoms with E-state index in [9.17, 15) is 13.2 Å². The summed E-state index contributed by atoms with van der Waals surface area (Å²) in [5, 5.41) is 0. The molecule has 0 atom stereocenters. The van der Waals surface area contributed by atoms with Crippen LogP contribution in [0.4, 0.5) is 0 Å². The number of rotatable bonds is 5. The molecular formula is C21H26N2O5S. The van der Waals surface area contributed by atoms with Crippen LogP contribution in [0.1, 0.15) is 21.5 Å². The maximum atomic E-state index is 13.2. The number of hydrogen-bond donors (Lipinski definition) is 0. The Morgan fingerprint density at radius 2 is 1.59 bits per heavy atom. The number of hydrogen-bond acceptors (Lipinski definition) is 5. The molecule has 3 rings (SSSR count). The van der Waals surface area contributed by atoms with Crippen molar-refractivity contribution in [3.05, 3.63) is 53.1 Å². The third-order valence-electron chi connectivity index (χ3n) is 5.24. The van der Waals surface area contributed by atoms with Gasteiger partial charge >= 0.3 is 0 Å². The van der Waals surface area contributed by atoms with Crippen LogP contribution >= 0.6 is 0 Å². The zero-order chi connectivity index (χ0) is 21.2. The number of benzene rings is 2. The lowest BCUT2D eigenvalue weighted by Crippen LogP contribution is -2.50. The van der Waals surface area contributed by atoms with Crippen LogP contribution in [0.25, 0.3) is 0 Å². The summed E-state index contributed by atoms with van der Waals surface area (Å²) in [6.07, 6.45) is 0. The predicted octanol–water partition coefficient (Wildman–Crippen LogP) is 2.47.